The Hall–Kier alpha value is -1.90. The van der Waals surface area contributed by atoms with Crippen LogP contribution in [-0.2, 0) is 9.84 Å². The Bertz CT molecular complexity index is 886. The van der Waals surface area contributed by atoms with Gasteiger partial charge in [0.2, 0.25) is 0 Å². The Kier molecular flexibility index (Phi) is 5.84. The van der Waals surface area contributed by atoms with Gasteiger partial charge in [-0.05, 0) is 58.6 Å². The van der Waals surface area contributed by atoms with Crippen molar-refractivity contribution >= 4 is 21.7 Å². The van der Waals surface area contributed by atoms with Crippen molar-refractivity contribution in [3.63, 3.8) is 0 Å². The summed E-state index contributed by atoms with van der Waals surface area (Å²) in [4.78, 5) is 4.85. The van der Waals surface area contributed by atoms with E-state index in [-0.39, 0.29) is 16.9 Å². The minimum absolute atomic E-state index is 0.170. The van der Waals surface area contributed by atoms with E-state index in [1.54, 1.807) is 38.3 Å². The number of anilines is 1. The van der Waals surface area contributed by atoms with Gasteiger partial charge in [-0.3, -0.25) is 10.7 Å². The quantitative estimate of drug-likeness (QED) is 0.596. The van der Waals surface area contributed by atoms with Crippen LogP contribution >= 0.6 is 0 Å². The van der Waals surface area contributed by atoms with Crippen molar-refractivity contribution < 1.29 is 8.42 Å². The van der Waals surface area contributed by atoms with Gasteiger partial charge in [0.05, 0.1) is 15.8 Å². The van der Waals surface area contributed by atoms with Crippen LogP contribution in [0.4, 0.5) is 5.69 Å². The van der Waals surface area contributed by atoms with E-state index in [0.717, 1.165) is 31.3 Å². The molecular formula is C20H31N5O2S. The summed E-state index contributed by atoms with van der Waals surface area (Å²) < 4.78 is 25.5. The van der Waals surface area contributed by atoms with Crippen LogP contribution < -0.4 is 22.1 Å². The van der Waals surface area contributed by atoms with E-state index in [2.05, 4.69) is 15.6 Å². The molecule has 0 bridgehead atoms. The highest BCUT2D eigenvalue weighted by Gasteiger charge is 2.39. The van der Waals surface area contributed by atoms with Crippen LogP contribution in [0.5, 0.6) is 0 Å². The molecule has 0 amide bonds. The molecule has 154 valence electrons. The predicted octanol–water partition coefficient (Wildman–Crippen LogP) is 2.32. The summed E-state index contributed by atoms with van der Waals surface area (Å²) in [5.41, 5.74) is 14.0. The molecule has 3 rings (SSSR count). The maximum absolute atomic E-state index is 12.7. The lowest BCUT2D eigenvalue weighted by atomic mass is 9.81. The summed E-state index contributed by atoms with van der Waals surface area (Å²) in [5, 5.41) is 6.08. The Balaban J connectivity index is 1.86. The Morgan fingerprint density at radius 1 is 1.21 bits per heavy atom. The number of nitrogens with two attached hydrogens (primary N) is 2. The van der Waals surface area contributed by atoms with Gasteiger partial charge in [-0.15, -0.1) is 0 Å². The van der Waals surface area contributed by atoms with Gasteiger partial charge in [0.25, 0.3) is 0 Å². The second kappa shape index (κ2) is 7.85. The van der Waals surface area contributed by atoms with Crippen LogP contribution in [0, 0.1) is 5.92 Å². The molecule has 6 N–H and O–H groups in total. The fourth-order valence-corrected chi connectivity index (χ4v) is 4.90. The van der Waals surface area contributed by atoms with Crippen LogP contribution in [-0.4, -0.2) is 31.7 Å². The molecule has 0 aromatic heterocycles. The zero-order valence-electron chi connectivity index (χ0n) is 16.8. The smallest absolute Gasteiger partial charge is 0.186 e. The predicted molar refractivity (Wildman–Crippen MR) is 114 cm³/mol. The molecule has 7 nitrogen and oxygen atoms in total. The number of nitrogens with zero attached hydrogens (tertiary/aromatic N) is 1. The van der Waals surface area contributed by atoms with Gasteiger partial charge in [-0.1, -0.05) is 12.1 Å². The number of allylic oxidation sites excluding steroid dienone is 1. The molecule has 0 radical (unpaired) electrons. The molecule has 1 aromatic carbocycles. The van der Waals surface area contributed by atoms with Crippen LogP contribution in [0.15, 0.2) is 45.5 Å². The van der Waals surface area contributed by atoms with Crippen molar-refractivity contribution in [3.8, 4) is 0 Å². The van der Waals surface area contributed by atoms with Crippen molar-refractivity contribution in [2.75, 3.05) is 5.32 Å². The van der Waals surface area contributed by atoms with E-state index < -0.39 is 20.9 Å². The van der Waals surface area contributed by atoms with E-state index >= 15 is 0 Å². The van der Waals surface area contributed by atoms with Crippen LogP contribution in [0.2, 0.25) is 0 Å². The molecule has 8 heteroatoms. The van der Waals surface area contributed by atoms with Crippen LogP contribution in [0.25, 0.3) is 0 Å². The Labute approximate surface area is 167 Å². The number of nitrogens with one attached hydrogen (secondary N) is 2. The largest absolute Gasteiger partial charge is 0.341 e. The molecule has 2 aliphatic rings. The van der Waals surface area contributed by atoms with Crippen molar-refractivity contribution in [2.24, 2.45) is 22.4 Å². The first-order chi connectivity index (χ1) is 13.1. The molecule has 1 unspecified atom stereocenters. The number of aliphatic imine (C=N–C) groups is 1. The first-order valence-corrected chi connectivity index (χ1v) is 11.4. The van der Waals surface area contributed by atoms with E-state index in [1.165, 1.54) is 0 Å². The second-order valence-corrected chi connectivity index (χ2v) is 10.6. The average Bonchev–Trinajstić information content (AvgIpc) is 2.65. The lowest BCUT2D eigenvalue weighted by molar-refractivity contribution is 0.175. The lowest BCUT2D eigenvalue weighted by Gasteiger charge is -2.41. The minimum Gasteiger partial charge on any atom is -0.341 e. The highest BCUT2D eigenvalue weighted by atomic mass is 32.2. The first-order valence-electron chi connectivity index (χ1n) is 9.82. The van der Waals surface area contributed by atoms with Gasteiger partial charge >= 0.3 is 0 Å². The van der Waals surface area contributed by atoms with Gasteiger partial charge in [0.1, 0.15) is 5.82 Å². The third-order valence-electron chi connectivity index (χ3n) is 5.66. The highest BCUT2D eigenvalue weighted by molar-refractivity contribution is 7.92. The number of para-hydroxylation sites is 1. The molecule has 28 heavy (non-hydrogen) atoms. The Morgan fingerprint density at radius 3 is 2.50 bits per heavy atom. The normalized spacial score (nSPS) is 28.4. The summed E-state index contributed by atoms with van der Waals surface area (Å²) in [6.45, 7) is 5.27. The van der Waals surface area contributed by atoms with E-state index in [9.17, 15) is 8.42 Å². The summed E-state index contributed by atoms with van der Waals surface area (Å²) in [6, 6.07) is 7.17. The summed E-state index contributed by atoms with van der Waals surface area (Å²) in [5.74, 6) is -0.0738. The van der Waals surface area contributed by atoms with E-state index in [1.807, 2.05) is 13.0 Å². The monoisotopic (exact) mass is 405 g/mol. The number of hydrogen-bond donors (Lipinski definition) is 4. The number of benzene rings is 1. The SMILES string of the molecule is CC1=C(Nc2ccccc2S(=O)(=O)C(C)C)NC(N)(C2CCC(N)CC2)N=C1. The van der Waals surface area contributed by atoms with Gasteiger partial charge in [-0.2, -0.15) is 0 Å². The zero-order valence-corrected chi connectivity index (χ0v) is 17.6. The van der Waals surface area contributed by atoms with Gasteiger partial charge in [0, 0.05) is 23.7 Å². The molecule has 1 aliphatic heterocycles. The van der Waals surface area contributed by atoms with Crippen LogP contribution in [0.1, 0.15) is 46.5 Å². The standard InChI is InChI=1S/C20H31N5O2S/c1-13(2)28(26,27)18-7-5-4-6-17(18)24-19-14(3)12-23-20(22,25-19)15-8-10-16(21)11-9-15/h4-7,12-13,15-16,24-25H,8-11,21-22H2,1-3H3. The fraction of sp³-hybridized carbons (Fsp3) is 0.550. The molecule has 1 aliphatic carbocycles. The lowest BCUT2D eigenvalue weighted by Crippen LogP contribution is -2.60. The third kappa shape index (κ3) is 4.09. The number of hydrogen-bond acceptors (Lipinski definition) is 7. The van der Waals surface area contributed by atoms with Crippen LogP contribution in [0.3, 0.4) is 0 Å². The molecular weight excluding hydrogens is 374 g/mol. The topological polar surface area (TPSA) is 123 Å². The van der Waals surface area contributed by atoms with Gasteiger partial charge < -0.3 is 16.4 Å². The average molecular weight is 406 g/mol. The molecule has 0 saturated heterocycles. The maximum Gasteiger partial charge on any atom is 0.186 e. The number of rotatable bonds is 5. The van der Waals surface area contributed by atoms with Gasteiger partial charge in [0.15, 0.2) is 15.6 Å². The minimum atomic E-state index is -3.42. The van der Waals surface area contributed by atoms with E-state index in [0.29, 0.717) is 11.5 Å². The van der Waals surface area contributed by atoms with Crippen molar-refractivity contribution in [3.05, 3.63) is 35.7 Å². The van der Waals surface area contributed by atoms with Crippen molar-refractivity contribution in [2.45, 2.75) is 68.4 Å². The highest BCUT2D eigenvalue weighted by Crippen LogP contribution is 2.33. The maximum atomic E-state index is 12.7. The molecule has 1 atom stereocenters. The Morgan fingerprint density at radius 2 is 1.86 bits per heavy atom. The molecule has 0 spiro atoms. The fourth-order valence-electron chi connectivity index (χ4n) is 3.70. The molecule has 1 fully saturated rings. The zero-order chi connectivity index (χ0) is 20.5. The molecule has 1 aromatic rings. The summed E-state index contributed by atoms with van der Waals surface area (Å²) >= 11 is 0. The summed E-state index contributed by atoms with van der Waals surface area (Å²) in [6.07, 6.45) is 5.44. The second-order valence-electron chi connectivity index (χ2n) is 8.09. The van der Waals surface area contributed by atoms with Gasteiger partial charge in [-0.25, -0.2) is 8.42 Å². The molecule has 1 saturated carbocycles. The third-order valence-corrected chi connectivity index (χ3v) is 7.87. The first kappa shape index (κ1) is 20.8. The van der Waals surface area contributed by atoms with Crippen molar-refractivity contribution in [1.29, 1.82) is 0 Å². The number of sulfone groups is 1. The van der Waals surface area contributed by atoms with E-state index in [4.69, 9.17) is 11.5 Å². The molecule has 1 heterocycles. The van der Waals surface area contributed by atoms with Crippen molar-refractivity contribution in [1.82, 2.24) is 5.32 Å². The summed E-state index contributed by atoms with van der Waals surface area (Å²) in [7, 11) is -3.42.